The highest BCUT2D eigenvalue weighted by molar-refractivity contribution is 7.87. The van der Waals surface area contributed by atoms with Crippen molar-refractivity contribution < 1.29 is 46.3 Å². The smallest absolute Gasteiger partial charge is 0.410 e. The molecule has 1 aromatic carbocycles. The fourth-order valence-corrected chi connectivity index (χ4v) is 8.12. The van der Waals surface area contributed by atoms with Gasteiger partial charge in [-0.1, -0.05) is 37.1 Å². The maximum absolute atomic E-state index is 14.4. The second kappa shape index (κ2) is 15.4. The van der Waals surface area contributed by atoms with Crippen LogP contribution in [0.25, 0.3) is 0 Å². The number of hydrogen-bond donors (Lipinski definition) is 3. The van der Waals surface area contributed by atoms with Crippen LogP contribution in [-0.4, -0.2) is 103 Å². The molecule has 1 aromatic rings. The van der Waals surface area contributed by atoms with Crippen LogP contribution in [0.15, 0.2) is 30.4 Å². The first-order valence-corrected chi connectivity index (χ1v) is 19.4. The molecule has 5 atom stereocenters. The topological polar surface area (TPSA) is 184 Å². The number of allylic oxidation sites excluding steroid dienone is 1. The van der Waals surface area contributed by atoms with Gasteiger partial charge in [-0.15, -0.1) is 0 Å². The van der Waals surface area contributed by atoms with E-state index in [4.69, 9.17) is 9.47 Å². The quantitative estimate of drug-likeness (QED) is 0.369. The molecule has 3 heterocycles. The highest BCUT2D eigenvalue weighted by atomic mass is 32.2. The van der Waals surface area contributed by atoms with Crippen molar-refractivity contribution in [1.82, 2.24) is 29.5 Å². The number of ether oxygens (including phenoxy) is 2. The van der Waals surface area contributed by atoms with Gasteiger partial charge >= 0.3 is 22.4 Å². The van der Waals surface area contributed by atoms with Crippen LogP contribution in [0.4, 0.5) is 14.0 Å². The lowest BCUT2D eigenvalue weighted by molar-refractivity contribution is -0.141. The monoisotopic (exact) mass is 746 g/mol. The van der Waals surface area contributed by atoms with Crippen LogP contribution in [0.1, 0.15) is 81.8 Å². The molecule has 284 valence electrons. The van der Waals surface area contributed by atoms with Crippen LogP contribution in [0.3, 0.4) is 0 Å². The zero-order valence-electron chi connectivity index (χ0n) is 29.5. The summed E-state index contributed by atoms with van der Waals surface area (Å²) >= 11 is 0. The van der Waals surface area contributed by atoms with E-state index in [-0.39, 0.29) is 45.0 Å². The Bertz CT molecular complexity index is 1720. The molecule has 3 N–H and O–H groups in total. The molecule has 0 spiro atoms. The molecule has 5 aliphatic rings. The van der Waals surface area contributed by atoms with Crippen molar-refractivity contribution >= 4 is 40.1 Å². The molecule has 6 rings (SSSR count). The summed E-state index contributed by atoms with van der Waals surface area (Å²) in [7, 11) is -1.66. The van der Waals surface area contributed by atoms with Crippen LogP contribution in [0.2, 0.25) is 0 Å². The Morgan fingerprint density at radius 3 is 2.48 bits per heavy atom. The molecular weight excluding hydrogens is 699 g/mol. The highest BCUT2D eigenvalue weighted by Crippen LogP contribution is 2.46. The van der Waals surface area contributed by atoms with Crippen molar-refractivity contribution in [3.63, 3.8) is 0 Å². The summed E-state index contributed by atoms with van der Waals surface area (Å²) in [6, 6.07) is 2.32. The maximum Gasteiger partial charge on any atom is 0.410 e. The number of carbonyl (C=O) groups is 5. The Kier molecular flexibility index (Phi) is 11.1. The predicted octanol–water partition coefficient (Wildman–Crippen LogP) is 2.60. The number of rotatable bonds is 6. The molecule has 2 aliphatic carbocycles. The minimum absolute atomic E-state index is 0.00237. The lowest BCUT2D eigenvalue weighted by Gasteiger charge is -2.30. The Morgan fingerprint density at radius 1 is 1.00 bits per heavy atom. The van der Waals surface area contributed by atoms with E-state index in [1.54, 1.807) is 18.2 Å². The normalized spacial score (nSPS) is 28.2. The fraction of sp³-hybridized carbons (Fsp3) is 0.629. The molecule has 0 aromatic heterocycles. The van der Waals surface area contributed by atoms with E-state index < -0.39 is 75.6 Å². The Morgan fingerprint density at radius 2 is 1.75 bits per heavy atom. The minimum atomic E-state index is -4.19. The van der Waals surface area contributed by atoms with E-state index in [1.165, 1.54) is 30.0 Å². The summed E-state index contributed by atoms with van der Waals surface area (Å²) in [5.74, 6) is -3.17. The van der Waals surface area contributed by atoms with Crippen LogP contribution in [0, 0.1) is 11.7 Å². The molecular formula is C35H47FN6O9S. The average molecular weight is 747 g/mol. The largest absolute Gasteiger partial charge is 0.446 e. The third kappa shape index (κ3) is 8.19. The standard InChI is InChI=1S/C35H47FN6O9S/c1-40(2)52(48,49)39-32(45)35-18-23(35)12-6-4-3-5-7-16-28(37-33(46)50-24-13-8-9-14-24)31(44)42-20-25(17-29(42)30(43)38-35)51-34(47)41-19-22-11-10-15-27(36)26(22)21-41/h6,10-12,15,23-25,28-29H,3-5,7-9,13-14,16-21H2,1-2H3,(H,37,46)(H,38,43)(H,39,45)/t23-,25-,28+,29+,35-/m1/s1. The van der Waals surface area contributed by atoms with Gasteiger partial charge in [0, 0.05) is 38.5 Å². The first kappa shape index (κ1) is 37.5. The van der Waals surface area contributed by atoms with E-state index >= 15 is 0 Å². The summed E-state index contributed by atoms with van der Waals surface area (Å²) in [6.07, 6.45) is 7.37. The van der Waals surface area contributed by atoms with Gasteiger partial charge in [0.25, 0.3) is 5.91 Å². The summed E-state index contributed by atoms with van der Waals surface area (Å²) in [5.41, 5.74) is -0.564. The number of nitrogens with one attached hydrogen (secondary N) is 3. The van der Waals surface area contributed by atoms with Gasteiger partial charge in [0.2, 0.25) is 11.8 Å². The first-order valence-electron chi connectivity index (χ1n) is 18.0. The van der Waals surface area contributed by atoms with Gasteiger partial charge in [0.15, 0.2) is 0 Å². The number of hydrogen-bond acceptors (Lipinski definition) is 9. The van der Waals surface area contributed by atoms with E-state index in [1.807, 2.05) is 10.8 Å². The molecule has 17 heteroatoms. The third-order valence-electron chi connectivity index (χ3n) is 10.7. The fourth-order valence-electron chi connectivity index (χ4n) is 7.53. The van der Waals surface area contributed by atoms with Crippen molar-refractivity contribution in [2.45, 2.75) is 114 Å². The molecule has 3 fully saturated rings. The molecule has 3 aliphatic heterocycles. The molecule has 2 saturated carbocycles. The summed E-state index contributed by atoms with van der Waals surface area (Å²) in [4.78, 5) is 71.0. The zero-order chi connectivity index (χ0) is 37.2. The highest BCUT2D eigenvalue weighted by Gasteiger charge is 2.62. The van der Waals surface area contributed by atoms with Crippen molar-refractivity contribution in [2.75, 3.05) is 20.6 Å². The molecule has 1 saturated heterocycles. The zero-order valence-corrected chi connectivity index (χ0v) is 30.3. The number of carbonyl (C=O) groups excluding carboxylic acids is 5. The number of benzene rings is 1. The van der Waals surface area contributed by atoms with Gasteiger partial charge in [0.05, 0.1) is 13.1 Å². The number of halogens is 1. The SMILES string of the molecule is CN(C)S(=O)(=O)NC(=O)[C@@]12C[C@H]1C=CCCCCC[C@H](NC(=O)OC1CCCC1)C(=O)N1C[C@H](OC(=O)N3Cc4cccc(F)c4C3)C[C@H]1C(=O)N2. The van der Waals surface area contributed by atoms with Crippen molar-refractivity contribution in [2.24, 2.45) is 5.92 Å². The number of alkyl carbamates (subject to hydrolysis) is 1. The van der Waals surface area contributed by atoms with E-state index in [2.05, 4.69) is 10.6 Å². The Labute approximate surface area is 302 Å². The van der Waals surface area contributed by atoms with Gasteiger partial charge in [-0.05, 0) is 63.0 Å². The number of fused-ring (bicyclic) bond motifs is 3. The van der Waals surface area contributed by atoms with Gasteiger partial charge in [-0.2, -0.15) is 12.7 Å². The van der Waals surface area contributed by atoms with Gasteiger partial charge in [-0.3, -0.25) is 19.3 Å². The number of amides is 5. The molecule has 0 bridgehead atoms. The molecule has 0 unspecified atom stereocenters. The van der Waals surface area contributed by atoms with Gasteiger partial charge in [0.1, 0.15) is 35.6 Å². The van der Waals surface area contributed by atoms with Crippen molar-refractivity contribution in [3.8, 4) is 0 Å². The van der Waals surface area contributed by atoms with Crippen molar-refractivity contribution in [1.29, 1.82) is 0 Å². The molecule has 0 radical (unpaired) electrons. The summed E-state index contributed by atoms with van der Waals surface area (Å²) < 4.78 is 54.0. The summed E-state index contributed by atoms with van der Waals surface area (Å²) in [5, 5.41) is 5.48. The lowest BCUT2D eigenvalue weighted by atomic mass is 10.0. The van der Waals surface area contributed by atoms with Crippen LogP contribution >= 0.6 is 0 Å². The third-order valence-corrected chi connectivity index (χ3v) is 12.1. The van der Waals surface area contributed by atoms with Crippen LogP contribution in [-0.2, 0) is 47.2 Å². The van der Waals surface area contributed by atoms with Crippen molar-refractivity contribution in [3.05, 3.63) is 47.3 Å². The Hall–Kier alpha value is -4.25. The van der Waals surface area contributed by atoms with Gasteiger partial charge < -0.3 is 25.0 Å². The van der Waals surface area contributed by atoms with Crippen LogP contribution in [0.5, 0.6) is 0 Å². The Balaban J connectivity index is 1.24. The van der Waals surface area contributed by atoms with E-state index in [0.717, 1.165) is 42.8 Å². The van der Waals surface area contributed by atoms with Gasteiger partial charge in [-0.25, -0.2) is 18.7 Å². The lowest BCUT2D eigenvalue weighted by Crippen LogP contribution is -2.58. The molecule has 15 nitrogen and oxygen atoms in total. The van der Waals surface area contributed by atoms with E-state index in [9.17, 15) is 36.8 Å². The first-order chi connectivity index (χ1) is 24.8. The molecule has 52 heavy (non-hydrogen) atoms. The van der Waals surface area contributed by atoms with E-state index in [0.29, 0.717) is 24.0 Å². The van der Waals surface area contributed by atoms with Crippen LogP contribution < -0.4 is 15.4 Å². The number of nitrogens with zero attached hydrogens (tertiary/aromatic N) is 3. The average Bonchev–Trinajstić information content (AvgIpc) is 3.52. The minimum Gasteiger partial charge on any atom is -0.446 e. The summed E-state index contributed by atoms with van der Waals surface area (Å²) in [6.45, 7) is -0.0640. The predicted molar refractivity (Wildman–Crippen MR) is 184 cm³/mol. The second-order valence-corrected chi connectivity index (χ2v) is 16.4. The molecule has 5 amide bonds. The second-order valence-electron chi connectivity index (χ2n) is 14.5. The maximum atomic E-state index is 14.4.